The number of ether oxygens (including phenoxy) is 2. The SMILES string of the molecule is CCCNC(=O)Cc1cc(F)cc(-c2ccc(CC(N)=O)c(OC3CC4(CC(NC(=O)c5cnn6cc(OCC(C)(C)O)ccc56)C4)C3)c2)c1. The lowest BCUT2D eigenvalue weighted by atomic mass is 9.53. The van der Waals surface area contributed by atoms with Crippen LogP contribution in [-0.4, -0.2) is 63.3 Å². The maximum absolute atomic E-state index is 14.6. The van der Waals surface area contributed by atoms with E-state index >= 15 is 0 Å². The van der Waals surface area contributed by atoms with Crippen LogP contribution in [0.2, 0.25) is 0 Å². The summed E-state index contributed by atoms with van der Waals surface area (Å²) in [6, 6.07) is 13.5. The Morgan fingerprint density at radius 1 is 1.06 bits per heavy atom. The number of hydrogen-bond acceptors (Lipinski definition) is 7. The van der Waals surface area contributed by atoms with Crippen LogP contribution in [0.4, 0.5) is 4.39 Å². The van der Waals surface area contributed by atoms with Crippen molar-refractivity contribution in [1.29, 1.82) is 0 Å². The molecule has 2 aliphatic carbocycles. The van der Waals surface area contributed by atoms with Crippen LogP contribution in [0.25, 0.3) is 16.6 Å². The Hall–Kier alpha value is -4.97. The highest BCUT2D eigenvalue weighted by Crippen LogP contribution is 2.57. The number of benzene rings is 2. The van der Waals surface area contributed by atoms with Crippen LogP contribution in [0.1, 0.15) is 74.4 Å². The minimum Gasteiger partial charge on any atom is -0.490 e. The van der Waals surface area contributed by atoms with Gasteiger partial charge in [0, 0.05) is 18.2 Å². The Balaban J connectivity index is 1.06. The molecule has 4 aromatic rings. The van der Waals surface area contributed by atoms with Gasteiger partial charge in [-0.25, -0.2) is 8.91 Å². The third kappa shape index (κ3) is 8.24. The number of carbonyl (C=O) groups is 3. The summed E-state index contributed by atoms with van der Waals surface area (Å²) in [5, 5.41) is 20.2. The number of hydrogen-bond donors (Lipinski definition) is 4. The zero-order chi connectivity index (χ0) is 35.6. The lowest BCUT2D eigenvalue weighted by molar-refractivity contribution is -0.120. The maximum Gasteiger partial charge on any atom is 0.255 e. The summed E-state index contributed by atoms with van der Waals surface area (Å²) in [7, 11) is 0. The molecule has 0 aliphatic heterocycles. The van der Waals surface area contributed by atoms with E-state index in [0.717, 1.165) is 32.1 Å². The monoisotopic (exact) mass is 685 g/mol. The Bertz CT molecular complexity index is 1900. The molecular weight excluding hydrogens is 641 g/mol. The number of aromatic nitrogens is 2. The summed E-state index contributed by atoms with van der Waals surface area (Å²) in [6.07, 6.45) is 7.31. The molecule has 0 saturated heterocycles. The van der Waals surface area contributed by atoms with Gasteiger partial charge in [0.25, 0.3) is 5.91 Å². The van der Waals surface area contributed by atoms with Crippen molar-refractivity contribution in [1.82, 2.24) is 20.2 Å². The second kappa shape index (κ2) is 14.1. The van der Waals surface area contributed by atoms with Crippen molar-refractivity contribution in [2.24, 2.45) is 11.1 Å². The van der Waals surface area contributed by atoms with Gasteiger partial charge in [0.05, 0.1) is 48.0 Å². The van der Waals surface area contributed by atoms with E-state index in [-0.39, 0.29) is 48.8 Å². The molecule has 0 radical (unpaired) electrons. The lowest BCUT2D eigenvalue weighted by Crippen LogP contribution is -2.58. The van der Waals surface area contributed by atoms with E-state index in [9.17, 15) is 23.9 Å². The van der Waals surface area contributed by atoms with Crippen LogP contribution < -0.4 is 25.8 Å². The fourth-order valence-corrected chi connectivity index (χ4v) is 6.95. The molecule has 2 fully saturated rings. The normalized spacial score (nSPS) is 19.8. The molecule has 12 heteroatoms. The number of aliphatic hydroxyl groups is 1. The van der Waals surface area contributed by atoms with Gasteiger partial charge in [0.15, 0.2) is 0 Å². The van der Waals surface area contributed by atoms with E-state index in [4.69, 9.17) is 15.2 Å². The molecule has 6 rings (SSSR count). The highest BCUT2D eigenvalue weighted by atomic mass is 19.1. The third-order valence-corrected chi connectivity index (χ3v) is 9.29. The van der Waals surface area contributed by atoms with Crippen LogP contribution in [-0.2, 0) is 22.4 Å². The molecule has 50 heavy (non-hydrogen) atoms. The van der Waals surface area contributed by atoms with Crippen molar-refractivity contribution in [3.8, 4) is 22.6 Å². The van der Waals surface area contributed by atoms with Crippen molar-refractivity contribution in [2.75, 3.05) is 13.2 Å². The van der Waals surface area contributed by atoms with Gasteiger partial charge in [-0.05, 0) is 98.4 Å². The molecule has 2 aromatic heterocycles. The maximum atomic E-state index is 14.6. The molecule has 3 amide bonds. The van der Waals surface area contributed by atoms with Crippen molar-refractivity contribution < 1.29 is 33.4 Å². The molecule has 0 unspecified atom stereocenters. The van der Waals surface area contributed by atoms with Gasteiger partial charge in [-0.3, -0.25) is 14.4 Å². The topological polar surface area (TPSA) is 157 Å². The molecule has 2 heterocycles. The number of amides is 3. The van der Waals surface area contributed by atoms with Gasteiger partial charge in [-0.2, -0.15) is 5.10 Å². The average Bonchev–Trinajstić information content (AvgIpc) is 3.44. The molecule has 2 saturated carbocycles. The summed E-state index contributed by atoms with van der Waals surface area (Å²) in [5.74, 6) is -0.216. The number of nitrogens with one attached hydrogen (secondary N) is 2. The highest BCUT2D eigenvalue weighted by Gasteiger charge is 2.54. The van der Waals surface area contributed by atoms with E-state index < -0.39 is 17.3 Å². The first-order valence-corrected chi connectivity index (χ1v) is 17.1. The predicted molar refractivity (Wildman–Crippen MR) is 185 cm³/mol. The van der Waals surface area contributed by atoms with Gasteiger partial charge in [0.1, 0.15) is 23.9 Å². The summed E-state index contributed by atoms with van der Waals surface area (Å²) in [5.41, 5.74) is 8.29. The summed E-state index contributed by atoms with van der Waals surface area (Å²) in [4.78, 5) is 37.3. The first kappa shape index (κ1) is 34.9. The smallest absolute Gasteiger partial charge is 0.255 e. The van der Waals surface area contributed by atoms with Gasteiger partial charge >= 0.3 is 0 Å². The van der Waals surface area contributed by atoms with Gasteiger partial charge in [-0.1, -0.05) is 25.1 Å². The first-order chi connectivity index (χ1) is 23.8. The average molecular weight is 686 g/mol. The van der Waals surface area contributed by atoms with E-state index in [1.807, 2.05) is 13.0 Å². The highest BCUT2D eigenvalue weighted by molar-refractivity contribution is 6.00. The van der Waals surface area contributed by atoms with Gasteiger partial charge in [0.2, 0.25) is 11.8 Å². The number of nitrogens with two attached hydrogens (primary N) is 1. The molecule has 5 N–H and O–H groups in total. The van der Waals surface area contributed by atoms with Crippen molar-refractivity contribution >= 4 is 23.2 Å². The quantitative estimate of drug-likeness (QED) is 0.152. The number of halogens is 1. The summed E-state index contributed by atoms with van der Waals surface area (Å²) in [6.45, 7) is 5.98. The fraction of sp³-hybridized carbons (Fsp3) is 0.421. The number of nitrogens with zero attached hydrogens (tertiary/aromatic N) is 2. The predicted octanol–water partition coefficient (Wildman–Crippen LogP) is 4.51. The minimum absolute atomic E-state index is 0.00626. The van der Waals surface area contributed by atoms with Crippen molar-refractivity contribution in [2.45, 2.75) is 83.5 Å². The number of carbonyl (C=O) groups excluding carboxylic acids is 3. The number of fused-ring (bicyclic) bond motifs is 1. The molecule has 0 atom stereocenters. The number of primary amides is 1. The molecule has 2 aromatic carbocycles. The fourth-order valence-electron chi connectivity index (χ4n) is 6.95. The largest absolute Gasteiger partial charge is 0.490 e. The van der Waals surface area contributed by atoms with E-state index in [1.165, 1.54) is 12.1 Å². The Morgan fingerprint density at radius 2 is 1.84 bits per heavy atom. The summed E-state index contributed by atoms with van der Waals surface area (Å²) >= 11 is 0. The van der Waals surface area contributed by atoms with Crippen molar-refractivity contribution in [3.05, 3.63) is 83.4 Å². The van der Waals surface area contributed by atoms with Gasteiger partial charge in [-0.15, -0.1) is 0 Å². The van der Waals surface area contributed by atoms with E-state index in [0.29, 0.717) is 51.4 Å². The molecule has 0 bridgehead atoms. The van der Waals surface area contributed by atoms with Crippen molar-refractivity contribution in [3.63, 3.8) is 0 Å². The molecule has 2 aliphatic rings. The zero-order valence-electron chi connectivity index (χ0n) is 28.6. The van der Waals surface area contributed by atoms with Crippen LogP contribution >= 0.6 is 0 Å². The van der Waals surface area contributed by atoms with Gasteiger partial charge < -0.3 is 30.9 Å². The van der Waals surface area contributed by atoms with E-state index in [2.05, 4.69) is 15.7 Å². The Morgan fingerprint density at radius 3 is 2.56 bits per heavy atom. The third-order valence-electron chi connectivity index (χ3n) is 9.29. The first-order valence-electron chi connectivity index (χ1n) is 17.1. The Labute approximate surface area is 290 Å². The van der Waals surface area contributed by atoms with Crippen LogP contribution in [0, 0.1) is 11.2 Å². The molecular formula is C38H44FN5O6. The standard InChI is InChI=1S/C38H44FN5O6/c1-4-9-41-35(46)12-23-10-26(13-27(39)11-23)24-5-6-25(15-34(40)45)33(14-24)50-30-18-38(19-30)16-28(17-38)43-36(47)31-20-42-44-21-29(7-8-32(31)44)49-22-37(2,3)48/h5-8,10-11,13-14,20-21,28,30,48H,4,9,12,15-19,22H2,1-3H3,(H2,40,45)(H,41,46)(H,43,47). The second-order valence-electron chi connectivity index (χ2n) is 14.4. The number of pyridine rings is 1. The molecule has 264 valence electrons. The number of rotatable bonds is 14. The molecule has 1 spiro atoms. The summed E-state index contributed by atoms with van der Waals surface area (Å²) < 4.78 is 28.3. The van der Waals surface area contributed by atoms with Crippen LogP contribution in [0.5, 0.6) is 11.5 Å². The molecule has 11 nitrogen and oxygen atoms in total. The van der Waals surface area contributed by atoms with Crippen LogP contribution in [0.3, 0.4) is 0 Å². The zero-order valence-corrected chi connectivity index (χ0v) is 28.6. The van der Waals surface area contributed by atoms with E-state index in [1.54, 1.807) is 61.1 Å². The lowest BCUT2D eigenvalue weighted by Gasteiger charge is -2.57. The second-order valence-corrected chi connectivity index (χ2v) is 14.4. The minimum atomic E-state index is -0.972. The Kier molecular flexibility index (Phi) is 9.84. The van der Waals surface area contributed by atoms with Crippen LogP contribution in [0.15, 0.2) is 60.9 Å².